The largest absolute Gasteiger partial charge is 0.381 e. The van der Waals surface area contributed by atoms with E-state index in [9.17, 15) is 0 Å². The molecule has 1 N–H and O–H groups in total. The summed E-state index contributed by atoms with van der Waals surface area (Å²) in [7, 11) is 4.06. The van der Waals surface area contributed by atoms with Crippen LogP contribution in [-0.4, -0.2) is 48.2 Å². The fraction of sp³-hybridized carbons (Fsp3) is 0.571. The number of thiophene rings is 1. The molecular formula is C14H20N4OS. The molecule has 2 aromatic heterocycles. The highest BCUT2D eigenvalue weighted by Crippen LogP contribution is 2.25. The third-order valence-corrected chi connectivity index (χ3v) is 4.62. The van der Waals surface area contributed by atoms with Crippen LogP contribution in [0.5, 0.6) is 0 Å². The van der Waals surface area contributed by atoms with E-state index in [-0.39, 0.29) is 0 Å². The van der Waals surface area contributed by atoms with Crippen LogP contribution in [0.2, 0.25) is 0 Å². The first-order valence-corrected chi connectivity index (χ1v) is 7.85. The molecule has 0 amide bonds. The van der Waals surface area contributed by atoms with Gasteiger partial charge < -0.3 is 10.1 Å². The van der Waals surface area contributed by atoms with Crippen LogP contribution in [0.15, 0.2) is 11.4 Å². The van der Waals surface area contributed by atoms with E-state index in [0.29, 0.717) is 6.04 Å². The van der Waals surface area contributed by atoms with Crippen LogP contribution in [0, 0.1) is 0 Å². The molecule has 3 rings (SSSR count). The van der Waals surface area contributed by atoms with Gasteiger partial charge in [0.2, 0.25) is 0 Å². The summed E-state index contributed by atoms with van der Waals surface area (Å²) in [6.07, 6.45) is 2.19. The Labute approximate surface area is 123 Å². The quantitative estimate of drug-likeness (QED) is 0.937. The molecule has 0 bridgehead atoms. The van der Waals surface area contributed by atoms with Crippen molar-refractivity contribution in [2.75, 3.05) is 32.6 Å². The molecule has 20 heavy (non-hydrogen) atoms. The Hall–Kier alpha value is -1.24. The summed E-state index contributed by atoms with van der Waals surface area (Å²) in [5.74, 6) is 1.81. The van der Waals surface area contributed by atoms with E-state index in [1.165, 1.54) is 0 Å². The molecule has 0 radical (unpaired) electrons. The number of nitrogens with one attached hydrogen (secondary N) is 1. The van der Waals surface area contributed by atoms with Gasteiger partial charge in [0.25, 0.3) is 0 Å². The summed E-state index contributed by atoms with van der Waals surface area (Å²) in [6, 6.07) is 2.64. The number of fused-ring (bicyclic) bond motifs is 1. The van der Waals surface area contributed by atoms with E-state index in [4.69, 9.17) is 4.74 Å². The minimum Gasteiger partial charge on any atom is -0.381 e. The van der Waals surface area contributed by atoms with Gasteiger partial charge in [0.15, 0.2) is 0 Å². The molecule has 108 valence electrons. The smallest absolute Gasteiger partial charge is 0.146 e. The fourth-order valence-corrected chi connectivity index (χ4v) is 3.42. The van der Waals surface area contributed by atoms with Crippen LogP contribution in [0.4, 0.5) is 5.82 Å². The van der Waals surface area contributed by atoms with Crippen molar-refractivity contribution in [1.29, 1.82) is 0 Å². The highest BCUT2D eigenvalue weighted by molar-refractivity contribution is 7.16. The maximum atomic E-state index is 5.42. The van der Waals surface area contributed by atoms with Gasteiger partial charge in [0.1, 0.15) is 16.5 Å². The highest BCUT2D eigenvalue weighted by Gasteiger charge is 2.19. The Kier molecular flexibility index (Phi) is 4.14. The van der Waals surface area contributed by atoms with Gasteiger partial charge in [-0.3, -0.25) is 4.90 Å². The van der Waals surface area contributed by atoms with Gasteiger partial charge in [0.05, 0.1) is 11.9 Å². The lowest BCUT2D eigenvalue weighted by molar-refractivity contribution is 0.0400. The molecule has 1 fully saturated rings. The second kappa shape index (κ2) is 6.03. The summed E-state index contributed by atoms with van der Waals surface area (Å²) in [5.41, 5.74) is 0. The van der Waals surface area contributed by atoms with Crippen LogP contribution in [-0.2, 0) is 11.3 Å². The standard InChI is InChI=1S/C14H20N4OS/c1-15-13-11-5-8-20-14(11)17-12(16-13)9-18(2)10-3-6-19-7-4-10/h5,8,10H,3-4,6-7,9H2,1-2H3,(H,15,16,17). The molecule has 1 aliphatic rings. The average Bonchev–Trinajstić information content (AvgIpc) is 2.95. The highest BCUT2D eigenvalue weighted by atomic mass is 32.1. The van der Waals surface area contributed by atoms with Crippen molar-refractivity contribution < 1.29 is 4.74 Å². The molecule has 0 aliphatic carbocycles. The van der Waals surface area contributed by atoms with Gasteiger partial charge in [0, 0.05) is 26.3 Å². The molecule has 1 saturated heterocycles. The zero-order valence-electron chi connectivity index (χ0n) is 11.9. The van der Waals surface area contributed by atoms with Gasteiger partial charge in [-0.1, -0.05) is 0 Å². The van der Waals surface area contributed by atoms with Crippen molar-refractivity contribution in [1.82, 2.24) is 14.9 Å². The number of anilines is 1. The maximum Gasteiger partial charge on any atom is 0.146 e. The van der Waals surface area contributed by atoms with Gasteiger partial charge >= 0.3 is 0 Å². The minimum absolute atomic E-state index is 0.574. The molecule has 0 atom stereocenters. The number of nitrogens with zero attached hydrogens (tertiary/aromatic N) is 3. The van der Waals surface area contributed by atoms with Gasteiger partial charge in [-0.2, -0.15) is 0 Å². The zero-order chi connectivity index (χ0) is 13.9. The monoisotopic (exact) mass is 292 g/mol. The Balaban J connectivity index is 1.79. The molecule has 0 saturated carbocycles. The van der Waals surface area contributed by atoms with Crippen molar-refractivity contribution in [3.63, 3.8) is 0 Å². The second-order valence-corrected chi connectivity index (χ2v) is 6.03. The fourth-order valence-electron chi connectivity index (χ4n) is 2.64. The van der Waals surface area contributed by atoms with Crippen LogP contribution >= 0.6 is 11.3 Å². The van der Waals surface area contributed by atoms with Gasteiger partial charge in [-0.25, -0.2) is 9.97 Å². The van der Waals surface area contributed by atoms with Crippen molar-refractivity contribution >= 4 is 27.4 Å². The summed E-state index contributed by atoms with van der Waals surface area (Å²) in [6.45, 7) is 2.51. The molecule has 1 aliphatic heterocycles. The van der Waals surface area contributed by atoms with Crippen LogP contribution in [0.3, 0.4) is 0 Å². The van der Waals surface area contributed by atoms with Crippen molar-refractivity contribution in [3.05, 3.63) is 17.3 Å². The Morgan fingerprint density at radius 1 is 1.40 bits per heavy atom. The van der Waals surface area contributed by atoms with E-state index in [1.807, 2.05) is 7.05 Å². The van der Waals surface area contributed by atoms with E-state index >= 15 is 0 Å². The summed E-state index contributed by atoms with van der Waals surface area (Å²) < 4.78 is 5.42. The topological polar surface area (TPSA) is 50.3 Å². The van der Waals surface area contributed by atoms with Gasteiger partial charge in [-0.15, -0.1) is 11.3 Å². The van der Waals surface area contributed by atoms with E-state index in [2.05, 4.69) is 38.7 Å². The molecule has 0 unspecified atom stereocenters. The van der Waals surface area contributed by atoms with E-state index in [1.54, 1.807) is 11.3 Å². The molecule has 2 aromatic rings. The third kappa shape index (κ3) is 2.77. The van der Waals surface area contributed by atoms with Crippen LogP contribution < -0.4 is 5.32 Å². The lowest BCUT2D eigenvalue weighted by Crippen LogP contribution is -2.36. The molecule has 5 nitrogen and oxygen atoms in total. The normalized spacial score (nSPS) is 16.9. The van der Waals surface area contributed by atoms with Crippen LogP contribution in [0.25, 0.3) is 10.2 Å². The van der Waals surface area contributed by atoms with E-state index < -0.39 is 0 Å². The predicted molar refractivity (Wildman–Crippen MR) is 82.3 cm³/mol. The Bertz CT molecular complexity index is 580. The number of hydrogen-bond donors (Lipinski definition) is 1. The minimum atomic E-state index is 0.574. The lowest BCUT2D eigenvalue weighted by atomic mass is 10.1. The van der Waals surface area contributed by atoms with Crippen molar-refractivity contribution in [3.8, 4) is 0 Å². The van der Waals surface area contributed by atoms with Crippen LogP contribution in [0.1, 0.15) is 18.7 Å². The third-order valence-electron chi connectivity index (χ3n) is 3.81. The molecule has 0 spiro atoms. The number of rotatable bonds is 4. The summed E-state index contributed by atoms with van der Waals surface area (Å²) in [5, 5.41) is 6.33. The maximum absolute atomic E-state index is 5.42. The van der Waals surface area contributed by atoms with Gasteiger partial charge in [-0.05, 0) is 31.3 Å². The first-order chi connectivity index (χ1) is 9.78. The van der Waals surface area contributed by atoms with Crippen molar-refractivity contribution in [2.45, 2.75) is 25.4 Å². The van der Waals surface area contributed by atoms with E-state index in [0.717, 1.165) is 54.5 Å². The summed E-state index contributed by atoms with van der Waals surface area (Å²) >= 11 is 1.66. The molecular weight excluding hydrogens is 272 g/mol. The molecule has 0 aromatic carbocycles. The predicted octanol–water partition coefficient (Wildman–Crippen LogP) is 2.34. The lowest BCUT2D eigenvalue weighted by Gasteiger charge is -2.30. The molecule has 6 heteroatoms. The van der Waals surface area contributed by atoms with Crippen molar-refractivity contribution in [2.24, 2.45) is 0 Å². The SMILES string of the molecule is CNc1nc(CN(C)C2CCOCC2)nc2sccc12. The zero-order valence-corrected chi connectivity index (χ0v) is 12.7. The number of aromatic nitrogens is 2. The first-order valence-electron chi connectivity index (χ1n) is 6.98. The summed E-state index contributed by atoms with van der Waals surface area (Å²) in [4.78, 5) is 12.7. The first kappa shape index (κ1) is 13.7. The Morgan fingerprint density at radius 3 is 2.95 bits per heavy atom. The number of ether oxygens (including phenoxy) is 1. The Morgan fingerprint density at radius 2 is 2.20 bits per heavy atom. The number of hydrogen-bond acceptors (Lipinski definition) is 6. The average molecular weight is 292 g/mol. The molecule has 3 heterocycles. The second-order valence-electron chi connectivity index (χ2n) is 5.14.